The number of hydrogen-bond acceptors (Lipinski definition) is 5. The first-order valence-corrected chi connectivity index (χ1v) is 7.15. The van der Waals surface area contributed by atoms with E-state index in [0.29, 0.717) is 12.3 Å². The minimum atomic E-state index is -0.940. The van der Waals surface area contributed by atoms with Crippen LogP contribution in [0.15, 0.2) is 36.3 Å². The van der Waals surface area contributed by atoms with E-state index in [1.54, 1.807) is 0 Å². The van der Waals surface area contributed by atoms with Crippen LogP contribution in [0.5, 0.6) is 0 Å². The van der Waals surface area contributed by atoms with Crippen LogP contribution >= 0.6 is 0 Å². The molecule has 0 spiro atoms. The second-order valence-corrected chi connectivity index (χ2v) is 4.79. The van der Waals surface area contributed by atoms with Gasteiger partial charge in [-0.1, -0.05) is 19.1 Å². The summed E-state index contributed by atoms with van der Waals surface area (Å²) in [6, 6.07) is 7.49. The Morgan fingerprint density at radius 1 is 1.27 bits per heavy atom. The van der Waals surface area contributed by atoms with Crippen LogP contribution < -0.4 is 5.32 Å². The van der Waals surface area contributed by atoms with Crippen LogP contribution in [0.1, 0.15) is 19.4 Å². The summed E-state index contributed by atoms with van der Waals surface area (Å²) in [4.78, 5) is 23.8. The third-order valence-electron chi connectivity index (χ3n) is 3.13. The Morgan fingerprint density at radius 2 is 2.00 bits per heavy atom. The van der Waals surface area contributed by atoms with Gasteiger partial charge < -0.3 is 19.5 Å². The Bertz CT molecular complexity index is 564. The van der Waals surface area contributed by atoms with Crippen molar-refractivity contribution in [1.82, 2.24) is 0 Å². The number of benzene rings is 1. The molecule has 0 saturated heterocycles. The second kappa shape index (κ2) is 7.49. The summed E-state index contributed by atoms with van der Waals surface area (Å²) in [5, 5.41) is 2.69. The lowest BCUT2D eigenvalue weighted by Crippen LogP contribution is -2.31. The van der Waals surface area contributed by atoms with Crippen LogP contribution in [0.3, 0.4) is 0 Å². The first-order chi connectivity index (χ1) is 10.6. The van der Waals surface area contributed by atoms with Crippen molar-refractivity contribution >= 4 is 17.6 Å². The minimum Gasteiger partial charge on any atom is -0.493 e. The zero-order chi connectivity index (χ0) is 15.9. The lowest BCUT2D eigenvalue weighted by Gasteiger charge is -2.17. The number of rotatable bonds is 5. The molecule has 1 aliphatic heterocycles. The summed E-state index contributed by atoms with van der Waals surface area (Å²) in [5.74, 6) is -1.16. The lowest BCUT2D eigenvalue weighted by molar-refractivity contribution is -0.153. The SMILES string of the molecule is CCc1ccc(NC(=O)[C@@H](C)OC(=O)C2=COCCO2)cc1. The van der Waals surface area contributed by atoms with Gasteiger partial charge >= 0.3 is 5.97 Å². The zero-order valence-electron chi connectivity index (χ0n) is 12.6. The van der Waals surface area contributed by atoms with E-state index in [0.717, 1.165) is 6.42 Å². The fourth-order valence-electron chi connectivity index (χ4n) is 1.82. The highest BCUT2D eigenvalue weighted by molar-refractivity contribution is 5.96. The zero-order valence-corrected chi connectivity index (χ0v) is 12.6. The van der Waals surface area contributed by atoms with Gasteiger partial charge in [0.2, 0.25) is 5.76 Å². The molecule has 6 heteroatoms. The largest absolute Gasteiger partial charge is 0.493 e. The van der Waals surface area contributed by atoms with Crippen molar-refractivity contribution < 1.29 is 23.8 Å². The van der Waals surface area contributed by atoms with E-state index >= 15 is 0 Å². The molecule has 6 nitrogen and oxygen atoms in total. The molecule has 1 aliphatic rings. The summed E-state index contributed by atoms with van der Waals surface area (Å²) in [6.45, 7) is 4.23. The van der Waals surface area contributed by atoms with Crippen molar-refractivity contribution in [2.75, 3.05) is 18.5 Å². The highest BCUT2D eigenvalue weighted by Crippen LogP contribution is 2.12. The molecule has 0 fully saturated rings. The van der Waals surface area contributed by atoms with E-state index in [2.05, 4.69) is 12.2 Å². The Hall–Kier alpha value is -2.50. The number of hydrogen-bond donors (Lipinski definition) is 1. The predicted octanol–water partition coefficient (Wildman–Crippen LogP) is 2.01. The Labute approximate surface area is 129 Å². The first kappa shape index (κ1) is 15.9. The van der Waals surface area contributed by atoms with Crippen molar-refractivity contribution in [3.63, 3.8) is 0 Å². The van der Waals surface area contributed by atoms with Crippen molar-refractivity contribution in [2.24, 2.45) is 0 Å². The fourth-order valence-corrected chi connectivity index (χ4v) is 1.82. The summed E-state index contributed by atoms with van der Waals surface area (Å²) in [6.07, 6.45) is 1.18. The molecule has 1 amide bonds. The molecule has 22 heavy (non-hydrogen) atoms. The maximum Gasteiger partial charge on any atom is 0.377 e. The van der Waals surface area contributed by atoms with Crippen LogP contribution in [0.25, 0.3) is 0 Å². The van der Waals surface area contributed by atoms with Crippen LogP contribution in [-0.4, -0.2) is 31.2 Å². The third-order valence-corrected chi connectivity index (χ3v) is 3.13. The Morgan fingerprint density at radius 3 is 2.59 bits per heavy atom. The normalized spacial score (nSPS) is 14.9. The number of amides is 1. The number of carbonyl (C=O) groups excluding carboxylic acids is 2. The lowest BCUT2D eigenvalue weighted by atomic mass is 10.1. The van der Waals surface area contributed by atoms with E-state index in [-0.39, 0.29) is 12.4 Å². The monoisotopic (exact) mass is 305 g/mol. The van der Waals surface area contributed by atoms with Gasteiger partial charge in [0.05, 0.1) is 0 Å². The molecule has 1 aromatic carbocycles. The minimum absolute atomic E-state index is 0.0294. The molecule has 2 rings (SSSR count). The van der Waals surface area contributed by atoms with Crippen molar-refractivity contribution in [3.8, 4) is 0 Å². The molecule has 118 valence electrons. The van der Waals surface area contributed by atoms with Gasteiger partial charge in [-0.05, 0) is 31.0 Å². The number of ether oxygens (including phenoxy) is 3. The maximum atomic E-state index is 12.0. The van der Waals surface area contributed by atoms with Gasteiger partial charge in [0.15, 0.2) is 6.10 Å². The van der Waals surface area contributed by atoms with Crippen LogP contribution in [0, 0.1) is 0 Å². The molecule has 1 N–H and O–H groups in total. The number of aryl methyl sites for hydroxylation is 1. The van der Waals surface area contributed by atoms with E-state index in [1.165, 1.54) is 18.7 Å². The fraction of sp³-hybridized carbons (Fsp3) is 0.375. The number of anilines is 1. The van der Waals surface area contributed by atoms with Gasteiger partial charge in [-0.2, -0.15) is 0 Å². The molecule has 0 radical (unpaired) electrons. The van der Waals surface area contributed by atoms with E-state index < -0.39 is 18.0 Å². The van der Waals surface area contributed by atoms with E-state index in [4.69, 9.17) is 14.2 Å². The number of nitrogens with one attached hydrogen (secondary N) is 1. The highest BCUT2D eigenvalue weighted by Gasteiger charge is 2.23. The molecule has 0 bridgehead atoms. The summed E-state index contributed by atoms with van der Waals surface area (Å²) in [7, 11) is 0. The molecular formula is C16H19NO5. The van der Waals surface area contributed by atoms with Gasteiger partial charge in [-0.25, -0.2) is 4.79 Å². The van der Waals surface area contributed by atoms with Crippen molar-refractivity contribution in [1.29, 1.82) is 0 Å². The molecule has 0 aliphatic carbocycles. The highest BCUT2D eigenvalue weighted by atomic mass is 16.6. The van der Waals surface area contributed by atoms with Gasteiger partial charge in [-0.3, -0.25) is 4.79 Å². The number of carbonyl (C=O) groups is 2. The summed E-state index contributed by atoms with van der Waals surface area (Å²) in [5.41, 5.74) is 1.83. The molecule has 0 unspecified atom stereocenters. The smallest absolute Gasteiger partial charge is 0.377 e. The van der Waals surface area contributed by atoms with E-state index in [9.17, 15) is 9.59 Å². The average molecular weight is 305 g/mol. The van der Waals surface area contributed by atoms with Gasteiger partial charge in [-0.15, -0.1) is 0 Å². The number of esters is 1. The van der Waals surface area contributed by atoms with Gasteiger partial charge in [0, 0.05) is 5.69 Å². The van der Waals surface area contributed by atoms with Crippen molar-refractivity contribution in [2.45, 2.75) is 26.4 Å². The average Bonchev–Trinajstić information content (AvgIpc) is 2.56. The molecule has 1 atom stereocenters. The maximum absolute atomic E-state index is 12.0. The standard InChI is InChI=1S/C16H19NO5/c1-3-12-4-6-13(7-5-12)17-15(18)11(2)22-16(19)14-10-20-8-9-21-14/h4-7,10-11H,3,8-9H2,1-2H3,(H,17,18)/t11-/m1/s1. The topological polar surface area (TPSA) is 73.9 Å². The molecule has 1 heterocycles. The van der Waals surface area contributed by atoms with Crippen molar-refractivity contribution in [3.05, 3.63) is 41.9 Å². The van der Waals surface area contributed by atoms with E-state index in [1.807, 2.05) is 24.3 Å². The first-order valence-electron chi connectivity index (χ1n) is 7.15. The van der Waals surface area contributed by atoms with Crippen LogP contribution in [-0.2, 0) is 30.2 Å². The summed E-state index contributed by atoms with van der Waals surface area (Å²) >= 11 is 0. The Balaban J connectivity index is 1.88. The molecule has 1 aromatic rings. The molecule has 0 saturated carbocycles. The quantitative estimate of drug-likeness (QED) is 0.842. The third kappa shape index (κ3) is 4.25. The predicted molar refractivity (Wildman–Crippen MR) is 80.0 cm³/mol. The summed E-state index contributed by atoms with van der Waals surface area (Å²) < 4.78 is 15.1. The molecule has 0 aromatic heterocycles. The van der Waals surface area contributed by atoms with Crippen LogP contribution in [0.2, 0.25) is 0 Å². The second-order valence-electron chi connectivity index (χ2n) is 4.79. The molecular weight excluding hydrogens is 286 g/mol. The van der Waals surface area contributed by atoms with Crippen LogP contribution in [0.4, 0.5) is 5.69 Å². The van der Waals surface area contributed by atoms with Gasteiger partial charge in [0.1, 0.15) is 19.5 Å². The van der Waals surface area contributed by atoms with Gasteiger partial charge in [0.25, 0.3) is 5.91 Å². The Kier molecular flexibility index (Phi) is 5.41.